The van der Waals surface area contributed by atoms with Gasteiger partial charge in [-0.15, -0.1) is 0 Å². The van der Waals surface area contributed by atoms with Crippen LogP contribution in [0.2, 0.25) is 0 Å². The van der Waals surface area contributed by atoms with E-state index in [1.807, 2.05) is 0 Å². The number of piperidine rings is 1. The van der Waals surface area contributed by atoms with Gasteiger partial charge in [0.05, 0.1) is 0 Å². The van der Waals surface area contributed by atoms with Crippen LogP contribution < -0.4 is 0 Å². The summed E-state index contributed by atoms with van der Waals surface area (Å²) in [5, 5.41) is 0. The molecule has 0 N–H and O–H groups in total. The molecule has 0 aromatic rings. The second-order valence-electron chi connectivity index (χ2n) is 8.45. The first kappa shape index (κ1) is 18.3. The molecule has 2 heteroatoms. The van der Waals surface area contributed by atoms with Crippen molar-refractivity contribution in [1.29, 1.82) is 0 Å². The van der Waals surface area contributed by atoms with Gasteiger partial charge in [-0.3, -0.25) is 0 Å². The Bertz CT molecular complexity index is 307. The van der Waals surface area contributed by atoms with Crippen molar-refractivity contribution in [2.75, 3.05) is 26.7 Å². The third kappa shape index (κ3) is 4.71. The van der Waals surface area contributed by atoms with Crippen LogP contribution in [0.25, 0.3) is 0 Å². The molecule has 22 heavy (non-hydrogen) atoms. The Balaban J connectivity index is 1.73. The Labute approximate surface area is 139 Å². The van der Waals surface area contributed by atoms with Crippen LogP contribution in [0, 0.1) is 17.8 Å². The van der Waals surface area contributed by atoms with Crippen LogP contribution in [-0.2, 0) is 0 Å². The van der Waals surface area contributed by atoms with E-state index in [1.165, 1.54) is 64.6 Å². The Hall–Kier alpha value is -0.0800. The summed E-state index contributed by atoms with van der Waals surface area (Å²) >= 11 is 0. The average molecular weight is 309 g/mol. The van der Waals surface area contributed by atoms with Crippen LogP contribution in [0.3, 0.4) is 0 Å². The topological polar surface area (TPSA) is 6.48 Å². The molecule has 2 heterocycles. The third-order valence-corrected chi connectivity index (χ3v) is 6.57. The van der Waals surface area contributed by atoms with Gasteiger partial charge in [0.2, 0.25) is 0 Å². The van der Waals surface area contributed by atoms with Gasteiger partial charge in [-0.05, 0) is 83.0 Å². The molecule has 0 spiro atoms. The van der Waals surface area contributed by atoms with Crippen molar-refractivity contribution in [3.8, 4) is 0 Å². The fraction of sp³-hybridized carbons (Fsp3) is 1.00. The predicted octanol–water partition coefficient (Wildman–Crippen LogP) is 4.64. The molecule has 0 radical (unpaired) electrons. The van der Waals surface area contributed by atoms with E-state index >= 15 is 0 Å². The zero-order valence-electron chi connectivity index (χ0n) is 15.9. The van der Waals surface area contributed by atoms with Gasteiger partial charge in [0.25, 0.3) is 0 Å². The Morgan fingerprint density at radius 2 is 1.68 bits per heavy atom. The average Bonchev–Trinajstić information content (AvgIpc) is 2.87. The molecular formula is C20H40N2. The number of hydrogen-bond acceptors (Lipinski definition) is 2. The molecule has 2 fully saturated rings. The van der Waals surface area contributed by atoms with E-state index in [4.69, 9.17) is 0 Å². The van der Waals surface area contributed by atoms with Crippen LogP contribution in [0.5, 0.6) is 0 Å². The zero-order valence-corrected chi connectivity index (χ0v) is 15.9. The smallest absolute Gasteiger partial charge is 0.0119 e. The molecule has 130 valence electrons. The maximum atomic E-state index is 2.71. The lowest BCUT2D eigenvalue weighted by Gasteiger charge is -2.37. The van der Waals surface area contributed by atoms with Crippen molar-refractivity contribution in [2.45, 2.75) is 84.7 Å². The predicted molar refractivity (Wildman–Crippen MR) is 97.3 cm³/mol. The van der Waals surface area contributed by atoms with E-state index in [1.54, 1.807) is 0 Å². The van der Waals surface area contributed by atoms with Gasteiger partial charge in [0.1, 0.15) is 0 Å². The van der Waals surface area contributed by atoms with E-state index in [0.29, 0.717) is 0 Å². The molecule has 0 aromatic carbocycles. The summed E-state index contributed by atoms with van der Waals surface area (Å²) in [6.07, 6.45) is 9.87. The first-order valence-electron chi connectivity index (χ1n) is 9.97. The van der Waals surface area contributed by atoms with Crippen molar-refractivity contribution in [2.24, 2.45) is 17.8 Å². The van der Waals surface area contributed by atoms with E-state index in [2.05, 4.69) is 44.5 Å². The summed E-state index contributed by atoms with van der Waals surface area (Å²) in [6, 6.07) is 1.67. The van der Waals surface area contributed by atoms with Crippen molar-refractivity contribution in [3.63, 3.8) is 0 Å². The second kappa shape index (κ2) is 8.68. The summed E-state index contributed by atoms with van der Waals surface area (Å²) in [4.78, 5) is 5.40. The van der Waals surface area contributed by atoms with E-state index in [9.17, 15) is 0 Å². The number of rotatable bonds is 7. The lowest BCUT2D eigenvalue weighted by molar-refractivity contribution is 0.122. The number of hydrogen-bond donors (Lipinski definition) is 0. The number of nitrogens with zero attached hydrogens (tertiary/aromatic N) is 2. The van der Waals surface area contributed by atoms with Crippen molar-refractivity contribution in [3.05, 3.63) is 0 Å². The standard InChI is InChI=1S/C20H40N2/c1-6-7-12-22-13-10-18(11-14-22)17(4)15-19-8-9-20(16(2)3)21(19)5/h16-20H,6-15H2,1-5H3. The summed E-state index contributed by atoms with van der Waals surface area (Å²) < 4.78 is 0. The van der Waals surface area contributed by atoms with E-state index in [-0.39, 0.29) is 0 Å². The summed E-state index contributed by atoms with van der Waals surface area (Å²) in [6.45, 7) is 13.6. The fourth-order valence-electron chi connectivity index (χ4n) is 4.88. The number of unbranched alkanes of at least 4 members (excludes halogenated alkanes) is 1. The summed E-state index contributed by atoms with van der Waals surface area (Å²) in [5.74, 6) is 2.70. The van der Waals surface area contributed by atoms with Crippen LogP contribution >= 0.6 is 0 Å². The monoisotopic (exact) mass is 308 g/mol. The van der Waals surface area contributed by atoms with Gasteiger partial charge in [-0.1, -0.05) is 34.1 Å². The van der Waals surface area contributed by atoms with E-state index < -0.39 is 0 Å². The highest BCUT2D eigenvalue weighted by Crippen LogP contribution is 2.35. The maximum Gasteiger partial charge on any atom is 0.0119 e. The minimum Gasteiger partial charge on any atom is -0.303 e. The first-order chi connectivity index (χ1) is 10.5. The van der Waals surface area contributed by atoms with Crippen molar-refractivity contribution >= 4 is 0 Å². The fourth-order valence-corrected chi connectivity index (χ4v) is 4.88. The van der Waals surface area contributed by atoms with Gasteiger partial charge in [0, 0.05) is 12.1 Å². The largest absolute Gasteiger partial charge is 0.303 e. The Morgan fingerprint density at radius 3 is 2.23 bits per heavy atom. The van der Waals surface area contributed by atoms with Crippen LogP contribution in [-0.4, -0.2) is 48.6 Å². The lowest BCUT2D eigenvalue weighted by atomic mass is 9.81. The molecule has 0 aliphatic carbocycles. The molecule has 2 aliphatic rings. The Morgan fingerprint density at radius 1 is 1.00 bits per heavy atom. The molecule has 2 aliphatic heterocycles. The van der Waals surface area contributed by atoms with Crippen LogP contribution in [0.15, 0.2) is 0 Å². The van der Waals surface area contributed by atoms with Gasteiger partial charge < -0.3 is 9.80 Å². The van der Waals surface area contributed by atoms with E-state index in [0.717, 1.165) is 29.8 Å². The third-order valence-electron chi connectivity index (χ3n) is 6.57. The van der Waals surface area contributed by atoms with Gasteiger partial charge >= 0.3 is 0 Å². The first-order valence-corrected chi connectivity index (χ1v) is 9.97. The molecule has 0 amide bonds. The molecule has 0 aromatic heterocycles. The minimum absolute atomic E-state index is 0.812. The molecule has 3 atom stereocenters. The van der Waals surface area contributed by atoms with Crippen LogP contribution in [0.4, 0.5) is 0 Å². The maximum absolute atomic E-state index is 2.71. The second-order valence-corrected chi connectivity index (χ2v) is 8.45. The lowest BCUT2D eigenvalue weighted by Crippen LogP contribution is -2.39. The minimum atomic E-state index is 0.812. The summed E-state index contributed by atoms with van der Waals surface area (Å²) in [7, 11) is 2.38. The molecule has 2 rings (SSSR count). The van der Waals surface area contributed by atoms with Gasteiger partial charge in [-0.25, -0.2) is 0 Å². The molecule has 0 bridgehead atoms. The quantitative estimate of drug-likeness (QED) is 0.676. The van der Waals surface area contributed by atoms with Gasteiger partial charge in [-0.2, -0.15) is 0 Å². The summed E-state index contributed by atoms with van der Waals surface area (Å²) in [5.41, 5.74) is 0. The molecule has 0 saturated carbocycles. The Kier molecular flexibility index (Phi) is 7.21. The highest BCUT2D eigenvalue weighted by atomic mass is 15.2. The molecule has 2 nitrogen and oxygen atoms in total. The highest BCUT2D eigenvalue weighted by molar-refractivity contribution is 4.89. The molecular weight excluding hydrogens is 268 g/mol. The molecule has 2 saturated heterocycles. The number of likely N-dealkylation sites (tertiary alicyclic amines) is 2. The van der Waals surface area contributed by atoms with Crippen LogP contribution in [0.1, 0.15) is 72.6 Å². The SMILES string of the molecule is CCCCN1CCC(C(C)CC2CCC(C(C)C)N2C)CC1. The van der Waals surface area contributed by atoms with Crippen molar-refractivity contribution in [1.82, 2.24) is 9.80 Å². The highest BCUT2D eigenvalue weighted by Gasteiger charge is 2.34. The normalized spacial score (nSPS) is 30.3. The van der Waals surface area contributed by atoms with Crippen molar-refractivity contribution < 1.29 is 0 Å². The van der Waals surface area contributed by atoms with Gasteiger partial charge in [0.15, 0.2) is 0 Å². The zero-order chi connectivity index (χ0) is 16.1. The molecule has 3 unspecified atom stereocenters.